The number of hydrogen-bond acceptors (Lipinski definition) is 4. The van der Waals surface area contributed by atoms with Gasteiger partial charge in [0, 0.05) is 5.92 Å². The molecule has 0 radical (unpaired) electrons. The molecule has 158 valence electrons. The van der Waals surface area contributed by atoms with Crippen LogP contribution in [0.2, 0.25) is 0 Å². The van der Waals surface area contributed by atoms with Crippen molar-refractivity contribution < 1.29 is 24.2 Å². The van der Waals surface area contributed by atoms with Crippen molar-refractivity contribution in [1.29, 1.82) is 0 Å². The molecule has 2 aromatic rings. The second kappa shape index (κ2) is 9.43. The standard InChI is InChI=1S/C23H26N2O5/c1-3-8-20(22(27)28)25-21(26)14(2)24-23(29)30-13-19-17-11-6-4-9-15(17)16-10-5-7-12-18(16)19/h4-7,9-12,14,19-20H,3,8,13H2,1-2H3,(H,24,29)(H,25,26)(H,27,28)/t14-,20-/m1/s1. The van der Waals surface area contributed by atoms with E-state index in [1.165, 1.54) is 6.92 Å². The Balaban J connectivity index is 1.58. The Morgan fingerprint density at radius 1 is 1.00 bits per heavy atom. The van der Waals surface area contributed by atoms with Gasteiger partial charge in [-0.3, -0.25) is 4.79 Å². The van der Waals surface area contributed by atoms with Crippen molar-refractivity contribution in [2.45, 2.75) is 44.7 Å². The van der Waals surface area contributed by atoms with Gasteiger partial charge in [-0.05, 0) is 35.6 Å². The Morgan fingerprint density at radius 3 is 2.10 bits per heavy atom. The molecule has 3 N–H and O–H groups in total. The molecule has 0 spiro atoms. The summed E-state index contributed by atoms with van der Waals surface area (Å²) in [7, 11) is 0. The number of hydrogen-bond donors (Lipinski definition) is 3. The molecule has 0 aromatic heterocycles. The van der Waals surface area contributed by atoms with Crippen molar-refractivity contribution in [3.63, 3.8) is 0 Å². The third-order valence-corrected chi connectivity index (χ3v) is 5.26. The van der Waals surface area contributed by atoms with E-state index in [4.69, 9.17) is 9.84 Å². The first kappa shape index (κ1) is 21.4. The van der Waals surface area contributed by atoms with Crippen LogP contribution in [0.15, 0.2) is 48.5 Å². The van der Waals surface area contributed by atoms with Gasteiger partial charge in [0.15, 0.2) is 0 Å². The Hall–Kier alpha value is -3.35. The number of fused-ring (bicyclic) bond motifs is 3. The smallest absolute Gasteiger partial charge is 0.407 e. The largest absolute Gasteiger partial charge is 0.480 e. The summed E-state index contributed by atoms with van der Waals surface area (Å²) in [4.78, 5) is 35.7. The molecule has 3 rings (SSSR count). The highest BCUT2D eigenvalue weighted by Crippen LogP contribution is 2.44. The number of carboxylic acids is 1. The third kappa shape index (κ3) is 4.62. The van der Waals surface area contributed by atoms with Crippen molar-refractivity contribution >= 4 is 18.0 Å². The molecule has 0 saturated heterocycles. The van der Waals surface area contributed by atoms with E-state index < -0.39 is 30.1 Å². The summed E-state index contributed by atoms with van der Waals surface area (Å²) < 4.78 is 5.41. The number of ether oxygens (including phenoxy) is 1. The molecule has 7 heteroatoms. The molecular formula is C23H26N2O5. The zero-order valence-corrected chi connectivity index (χ0v) is 17.1. The molecule has 1 aliphatic rings. The average Bonchev–Trinajstić information content (AvgIpc) is 3.05. The molecule has 0 aliphatic heterocycles. The topological polar surface area (TPSA) is 105 Å². The van der Waals surface area contributed by atoms with Gasteiger partial charge >= 0.3 is 12.1 Å². The summed E-state index contributed by atoms with van der Waals surface area (Å²) in [5.74, 6) is -1.74. The van der Waals surface area contributed by atoms with Crippen LogP contribution in [0.4, 0.5) is 4.79 Å². The molecule has 0 fully saturated rings. The van der Waals surface area contributed by atoms with Gasteiger partial charge in [0.05, 0.1) is 0 Å². The summed E-state index contributed by atoms with van der Waals surface area (Å²) in [6.45, 7) is 3.46. The molecule has 0 bridgehead atoms. The second-order valence-corrected chi connectivity index (χ2v) is 7.38. The molecule has 2 atom stereocenters. The number of amides is 2. The second-order valence-electron chi connectivity index (χ2n) is 7.38. The van der Waals surface area contributed by atoms with Crippen molar-refractivity contribution in [2.24, 2.45) is 0 Å². The highest BCUT2D eigenvalue weighted by Gasteiger charge is 2.29. The summed E-state index contributed by atoms with van der Waals surface area (Å²) in [6, 6.07) is 14.1. The fourth-order valence-electron chi connectivity index (χ4n) is 3.73. The first-order valence-electron chi connectivity index (χ1n) is 10.1. The Bertz CT molecular complexity index is 897. The van der Waals surface area contributed by atoms with Gasteiger partial charge in [0.2, 0.25) is 5.91 Å². The fraction of sp³-hybridized carbons (Fsp3) is 0.348. The van der Waals surface area contributed by atoms with E-state index in [-0.39, 0.29) is 12.5 Å². The molecule has 0 saturated carbocycles. The number of benzene rings is 2. The predicted molar refractivity (Wildman–Crippen MR) is 112 cm³/mol. The first-order chi connectivity index (χ1) is 14.4. The van der Waals surface area contributed by atoms with E-state index in [9.17, 15) is 14.4 Å². The van der Waals surface area contributed by atoms with Crippen LogP contribution >= 0.6 is 0 Å². The van der Waals surface area contributed by atoms with Gasteiger partial charge in [0.25, 0.3) is 0 Å². The SMILES string of the molecule is CCC[C@@H](NC(=O)[C@@H](C)NC(=O)OCC1c2ccccc2-c2ccccc21)C(=O)O. The van der Waals surface area contributed by atoms with Crippen molar-refractivity contribution in [2.75, 3.05) is 6.61 Å². The summed E-state index contributed by atoms with van der Waals surface area (Å²) >= 11 is 0. The molecule has 0 unspecified atom stereocenters. The lowest BCUT2D eigenvalue weighted by atomic mass is 9.98. The molecule has 2 amide bonds. The lowest BCUT2D eigenvalue weighted by molar-refractivity contribution is -0.142. The van der Waals surface area contributed by atoms with Crippen LogP contribution in [0.25, 0.3) is 11.1 Å². The third-order valence-electron chi connectivity index (χ3n) is 5.26. The fourth-order valence-corrected chi connectivity index (χ4v) is 3.73. The zero-order valence-electron chi connectivity index (χ0n) is 17.1. The number of rotatable bonds is 8. The molecule has 30 heavy (non-hydrogen) atoms. The maximum atomic E-state index is 12.3. The molecular weight excluding hydrogens is 384 g/mol. The first-order valence-corrected chi connectivity index (χ1v) is 10.1. The summed E-state index contributed by atoms with van der Waals surface area (Å²) in [5.41, 5.74) is 4.46. The van der Waals surface area contributed by atoms with Crippen LogP contribution < -0.4 is 10.6 Å². The van der Waals surface area contributed by atoms with Crippen molar-refractivity contribution in [1.82, 2.24) is 10.6 Å². The van der Waals surface area contributed by atoms with Gasteiger partial charge in [-0.15, -0.1) is 0 Å². The minimum atomic E-state index is -1.10. The van der Waals surface area contributed by atoms with E-state index in [2.05, 4.69) is 22.8 Å². The van der Waals surface area contributed by atoms with Crippen molar-refractivity contribution in [3.05, 3.63) is 59.7 Å². The highest BCUT2D eigenvalue weighted by atomic mass is 16.5. The van der Waals surface area contributed by atoms with Gasteiger partial charge < -0.3 is 20.5 Å². The summed E-state index contributed by atoms with van der Waals surface area (Å²) in [5, 5.41) is 14.1. The number of carbonyl (C=O) groups excluding carboxylic acids is 2. The average molecular weight is 410 g/mol. The normalized spacial score (nSPS) is 14.2. The van der Waals surface area contributed by atoms with E-state index in [1.807, 2.05) is 43.3 Å². The van der Waals surface area contributed by atoms with Crippen LogP contribution in [-0.4, -0.2) is 41.8 Å². The quantitative estimate of drug-likeness (QED) is 0.619. The maximum absolute atomic E-state index is 12.3. The van der Waals surface area contributed by atoms with Crippen LogP contribution in [0, 0.1) is 0 Å². The number of aliphatic carboxylic acids is 1. The number of carbonyl (C=O) groups is 3. The predicted octanol–water partition coefficient (Wildman–Crippen LogP) is 3.28. The number of carboxylic acid groups (broad SMARTS) is 1. The van der Waals surface area contributed by atoms with E-state index in [0.29, 0.717) is 12.8 Å². The minimum Gasteiger partial charge on any atom is -0.480 e. The van der Waals surface area contributed by atoms with Gasteiger partial charge in [-0.2, -0.15) is 0 Å². The van der Waals surface area contributed by atoms with Gasteiger partial charge in [0.1, 0.15) is 18.7 Å². The minimum absolute atomic E-state index is 0.0757. The number of nitrogens with one attached hydrogen (secondary N) is 2. The Labute approximate surface area is 175 Å². The Kier molecular flexibility index (Phi) is 6.72. The van der Waals surface area contributed by atoms with Crippen LogP contribution in [0.1, 0.15) is 43.7 Å². The molecule has 2 aromatic carbocycles. The lowest BCUT2D eigenvalue weighted by Crippen LogP contribution is -2.50. The molecule has 1 aliphatic carbocycles. The van der Waals surface area contributed by atoms with Gasteiger partial charge in [-0.1, -0.05) is 61.9 Å². The van der Waals surface area contributed by atoms with E-state index in [0.717, 1.165) is 22.3 Å². The highest BCUT2D eigenvalue weighted by molar-refractivity contribution is 5.89. The summed E-state index contributed by atoms with van der Waals surface area (Å²) in [6.07, 6.45) is 0.214. The zero-order chi connectivity index (χ0) is 21.7. The number of alkyl carbamates (subject to hydrolysis) is 1. The van der Waals surface area contributed by atoms with Crippen molar-refractivity contribution in [3.8, 4) is 11.1 Å². The van der Waals surface area contributed by atoms with E-state index >= 15 is 0 Å². The van der Waals surface area contributed by atoms with Gasteiger partial charge in [-0.25, -0.2) is 9.59 Å². The Morgan fingerprint density at radius 2 is 1.57 bits per heavy atom. The van der Waals surface area contributed by atoms with Crippen LogP contribution in [0.5, 0.6) is 0 Å². The van der Waals surface area contributed by atoms with Crippen LogP contribution in [-0.2, 0) is 14.3 Å². The monoisotopic (exact) mass is 410 g/mol. The molecule has 7 nitrogen and oxygen atoms in total. The van der Waals surface area contributed by atoms with E-state index in [1.54, 1.807) is 0 Å². The molecule has 0 heterocycles. The van der Waals surface area contributed by atoms with Crippen LogP contribution in [0.3, 0.4) is 0 Å². The maximum Gasteiger partial charge on any atom is 0.407 e. The lowest BCUT2D eigenvalue weighted by Gasteiger charge is -2.19.